The molecule has 3 nitrogen and oxygen atoms in total. The number of halogens is 2. The summed E-state index contributed by atoms with van der Waals surface area (Å²) in [7, 11) is 0. The van der Waals surface area contributed by atoms with Crippen molar-refractivity contribution in [3.63, 3.8) is 0 Å². The van der Waals surface area contributed by atoms with Gasteiger partial charge in [0.1, 0.15) is 0 Å². The number of hydrogen-bond acceptors (Lipinski definition) is 2. The van der Waals surface area contributed by atoms with Crippen molar-refractivity contribution in [2.24, 2.45) is 5.92 Å². The van der Waals surface area contributed by atoms with Gasteiger partial charge in [-0.25, -0.2) is 0 Å². The van der Waals surface area contributed by atoms with Crippen molar-refractivity contribution in [3.05, 3.63) is 64.1 Å². The molecule has 0 unspecified atom stereocenters. The minimum absolute atomic E-state index is 0.0766. The predicted molar refractivity (Wildman–Crippen MR) is 99.7 cm³/mol. The Labute approximate surface area is 152 Å². The van der Waals surface area contributed by atoms with E-state index >= 15 is 0 Å². The number of piperidine rings is 1. The average Bonchev–Trinajstić information content (AvgIpc) is 2.61. The normalized spacial score (nSPS) is 15.3. The van der Waals surface area contributed by atoms with Crippen molar-refractivity contribution < 1.29 is 4.79 Å². The molecule has 0 saturated carbocycles. The number of amides is 1. The van der Waals surface area contributed by atoms with E-state index in [1.54, 1.807) is 0 Å². The molecule has 2 aromatic rings. The number of carbonyl (C=O) groups excluding carboxylic acids is 1. The zero-order chi connectivity index (χ0) is 16.9. The van der Waals surface area contributed by atoms with Crippen molar-refractivity contribution in [2.75, 3.05) is 18.0 Å². The van der Waals surface area contributed by atoms with Gasteiger partial charge in [0.05, 0.1) is 0 Å². The molecule has 0 radical (unpaired) electrons. The lowest BCUT2D eigenvalue weighted by atomic mass is 9.95. The van der Waals surface area contributed by atoms with Gasteiger partial charge in [-0.3, -0.25) is 4.79 Å². The quantitative estimate of drug-likeness (QED) is 0.866. The van der Waals surface area contributed by atoms with Crippen LogP contribution in [-0.4, -0.2) is 19.0 Å². The predicted octanol–water partition coefficient (Wildman–Crippen LogP) is 4.53. The topological polar surface area (TPSA) is 32.3 Å². The van der Waals surface area contributed by atoms with Crippen molar-refractivity contribution >= 4 is 34.8 Å². The van der Waals surface area contributed by atoms with Gasteiger partial charge in [0.15, 0.2) is 0 Å². The maximum Gasteiger partial charge on any atom is 0.223 e. The lowest BCUT2D eigenvalue weighted by molar-refractivity contribution is -0.125. The molecule has 0 aromatic heterocycles. The van der Waals surface area contributed by atoms with Crippen LogP contribution in [0.3, 0.4) is 0 Å². The molecule has 0 atom stereocenters. The van der Waals surface area contributed by atoms with E-state index in [9.17, 15) is 4.79 Å². The number of nitrogens with zero attached hydrogens (tertiary/aromatic N) is 1. The molecule has 5 heteroatoms. The molecule has 126 valence electrons. The second-order valence-corrected chi connectivity index (χ2v) is 6.96. The number of carbonyl (C=O) groups is 1. The van der Waals surface area contributed by atoms with Crippen LogP contribution in [0.4, 0.5) is 5.69 Å². The van der Waals surface area contributed by atoms with Crippen molar-refractivity contribution in [3.8, 4) is 0 Å². The van der Waals surface area contributed by atoms with Gasteiger partial charge in [-0.2, -0.15) is 0 Å². The Kier molecular flexibility index (Phi) is 5.64. The van der Waals surface area contributed by atoms with Gasteiger partial charge in [0, 0.05) is 41.3 Å². The fraction of sp³-hybridized carbons (Fsp3) is 0.316. The molecular weight excluding hydrogens is 343 g/mol. The SMILES string of the molecule is O=C(NCc1ccc(Cl)cc1)C1CCN(c2cccc(Cl)c2)CC1. The summed E-state index contributed by atoms with van der Waals surface area (Å²) in [6.45, 7) is 2.29. The summed E-state index contributed by atoms with van der Waals surface area (Å²) in [5, 5.41) is 4.48. The van der Waals surface area contributed by atoms with Gasteiger partial charge in [-0.05, 0) is 48.7 Å². The number of rotatable bonds is 4. The van der Waals surface area contributed by atoms with E-state index in [2.05, 4.69) is 16.3 Å². The maximum absolute atomic E-state index is 12.4. The summed E-state index contributed by atoms with van der Waals surface area (Å²) in [6, 6.07) is 15.4. The van der Waals surface area contributed by atoms with E-state index in [-0.39, 0.29) is 11.8 Å². The third-order valence-electron chi connectivity index (χ3n) is 4.42. The first-order valence-electron chi connectivity index (χ1n) is 8.14. The minimum atomic E-state index is 0.0766. The standard InChI is InChI=1S/C19H20Cl2N2O/c20-16-6-4-14(5-7-16)13-22-19(24)15-8-10-23(11-9-15)18-3-1-2-17(21)12-18/h1-7,12,15H,8-11,13H2,(H,22,24). The summed E-state index contributed by atoms with van der Waals surface area (Å²) in [4.78, 5) is 14.6. The van der Waals surface area contributed by atoms with Gasteiger partial charge in [-0.1, -0.05) is 41.4 Å². The first-order chi connectivity index (χ1) is 11.6. The molecule has 1 saturated heterocycles. The molecule has 1 aliphatic rings. The van der Waals surface area contributed by atoms with Crippen LogP contribution in [-0.2, 0) is 11.3 Å². The van der Waals surface area contributed by atoms with E-state index in [1.807, 2.05) is 42.5 Å². The van der Waals surface area contributed by atoms with Crippen molar-refractivity contribution in [1.29, 1.82) is 0 Å². The molecular formula is C19H20Cl2N2O. The Bertz CT molecular complexity index is 695. The highest BCUT2D eigenvalue weighted by atomic mass is 35.5. The lowest BCUT2D eigenvalue weighted by Gasteiger charge is -2.33. The molecule has 2 aromatic carbocycles. The zero-order valence-corrected chi connectivity index (χ0v) is 14.9. The summed E-state index contributed by atoms with van der Waals surface area (Å²) in [5.74, 6) is 0.212. The van der Waals surface area contributed by atoms with Crippen LogP contribution in [0.15, 0.2) is 48.5 Å². The van der Waals surface area contributed by atoms with E-state index in [0.29, 0.717) is 11.6 Å². The molecule has 0 spiro atoms. The number of nitrogens with one attached hydrogen (secondary N) is 1. The van der Waals surface area contributed by atoms with E-state index < -0.39 is 0 Å². The highest BCUT2D eigenvalue weighted by Crippen LogP contribution is 2.25. The lowest BCUT2D eigenvalue weighted by Crippen LogP contribution is -2.40. The molecule has 3 rings (SSSR count). The summed E-state index contributed by atoms with van der Waals surface area (Å²) < 4.78 is 0. The second-order valence-electron chi connectivity index (χ2n) is 6.09. The second kappa shape index (κ2) is 7.91. The Morgan fingerprint density at radius 2 is 1.75 bits per heavy atom. The van der Waals surface area contributed by atoms with Gasteiger partial charge in [-0.15, -0.1) is 0 Å². The first-order valence-corrected chi connectivity index (χ1v) is 8.90. The summed E-state index contributed by atoms with van der Waals surface area (Å²) in [6.07, 6.45) is 1.72. The van der Waals surface area contributed by atoms with Gasteiger partial charge in [0.2, 0.25) is 5.91 Å². The van der Waals surface area contributed by atoms with Crippen LogP contribution >= 0.6 is 23.2 Å². The zero-order valence-electron chi connectivity index (χ0n) is 13.3. The van der Waals surface area contributed by atoms with Crippen LogP contribution in [0.25, 0.3) is 0 Å². The molecule has 0 aliphatic carbocycles. The van der Waals surface area contributed by atoms with Crippen LogP contribution in [0.5, 0.6) is 0 Å². The molecule has 1 heterocycles. The molecule has 1 N–H and O–H groups in total. The third-order valence-corrected chi connectivity index (χ3v) is 4.91. The number of benzene rings is 2. The fourth-order valence-electron chi connectivity index (χ4n) is 3.01. The largest absolute Gasteiger partial charge is 0.371 e. The highest BCUT2D eigenvalue weighted by molar-refractivity contribution is 6.31. The van der Waals surface area contributed by atoms with Gasteiger partial charge < -0.3 is 10.2 Å². The van der Waals surface area contributed by atoms with Crippen LogP contribution in [0.1, 0.15) is 18.4 Å². The summed E-state index contributed by atoms with van der Waals surface area (Å²) >= 11 is 11.9. The Balaban J connectivity index is 1.49. The van der Waals surface area contributed by atoms with E-state index in [4.69, 9.17) is 23.2 Å². The molecule has 1 fully saturated rings. The van der Waals surface area contributed by atoms with Crippen molar-refractivity contribution in [2.45, 2.75) is 19.4 Å². The number of hydrogen-bond donors (Lipinski definition) is 1. The van der Waals surface area contributed by atoms with Crippen LogP contribution in [0, 0.1) is 5.92 Å². The maximum atomic E-state index is 12.4. The monoisotopic (exact) mass is 362 g/mol. The Morgan fingerprint density at radius 3 is 2.42 bits per heavy atom. The van der Waals surface area contributed by atoms with Gasteiger partial charge >= 0.3 is 0 Å². The van der Waals surface area contributed by atoms with Crippen LogP contribution < -0.4 is 10.2 Å². The molecule has 0 bridgehead atoms. The summed E-state index contributed by atoms with van der Waals surface area (Å²) in [5.41, 5.74) is 2.19. The molecule has 1 aliphatic heterocycles. The molecule has 1 amide bonds. The number of anilines is 1. The smallest absolute Gasteiger partial charge is 0.223 e. The first kappa shape index (κ1) is 17.1. The van der Waals surface area contributed by atoms with E-state index in [1.165, 1.54) is 0 Å². The van der Waals surface area contributed by atoms with Crippen molar-refractivity contribution in [1.82, 2.24) is 5.32 Å². The van der Waals surface area contributed by atoms with Crippen LogP contribution in [0.2, 0.25) is 10.0 Å². The fourth-order valence-corrected chi connectivity index (χ4v) is 3.32. The van der Waals surface area contributed by atoms with E-state index in [0.717, 1.165) is 42.2 Å². The Morgan fingerprint density at radius 1 is 1.04 bits per heavy atom. The molecule has 24 heavy (non-hydrogen) atoms. The highest BCUT2D eigenvalue weighted by Gasteiger charge is 2.24. The minimum Gasteiger partial charge on any atom is -0.371 e. The third kappa shape index (κ3) is 4.43. The average molecular weight is 363 g/mol. The Hall–Kier alpha value is -1.71. The van der Waals surface area contributed by atoms with Gasteiger partial charge in [0.25, 0.3) is 0 Å².